The molecule has 0 aliphatic heterocycles. The lowest BCUT2D eigenvalue weighted by atomic mass is 9.92. The Hall–Kier alpha value is -4.97. The van der Waals surface area contributed by atoms with Crippen molar-refractivity contribution in [2.75, 3.05) is 11.1 Å². The molecule has 5 rings (SSSR count). The maximum Gasteiger partial charge on any atom is 0.150 e. The fraction of sp³-hybridized carbons (Fsp3) is 0.0769. The third-order valence-electron chi connectivity index (χ3n) is 5.57. The standard InChI is InChI=1S/C26H19FN8/c1-15(34-26-18(13-28)25(29)32-14-33-26)24-23(21-7-3-5-11-31-21)22(20-6-2-4-10-30-20)17-12-16(27)8-9-19(17)35-24/h2-12,14-15H,1H3,(H3,29,32,33,34). The van der Waals surface area contributed by atoms with Crippen LogP contribution in [0.1, 0.15) is 24.2 Å². The number of halogens is 1. The summed E-state index contributed by atoms with van der Waals surface area (Å²) in [7, 11) is 0. The van der Waals surface area contributed by atoms with E-state index in [1.807, 2.05) is 49.4 Å². The van der Waals surface area contributed by atoms with Gasteiger partial charge in [0.25, 0.3) is 0 Å². The number of nitrogens with two attached hydrogens (primary N) is 1. The highest BCUT2D eigenvalue weighted by Crippen LogP contribution is 2.40. The Bertz CT molecular complexity index is 1570. The number of nitrogen functional groups attached to an aromatic ring is 1. The minimum Gasteiger partial charge on any atom is -0.382 e. The molecule has 0 aliphatic rings. The SMILES string of the molecule is CC(Nc1ncnc(N)c1C#N)c1nc2ccc(F)cc2c(-c2ccccn2)c1-c1ccccn1. The quantitative estimate of drug-likeness (QED) is 0.377. The number of benzene rings is 1. The van der Waals surface area contributed by atoms with Gasteiger partial charge in [-0.2, -0.15) is 5.26 Å². The Morgan fingerprint density at radius 1 is 0.943 bits per heavy atom. The molecule has 4 heterocycles. The molecule has 0 aliphatic carbocycles. The van der Waals surface area contributed by atoms with Crippen molar-refractivity contribution in [1.29, 1.82) is 5.26 Å². The molecule has 8 nitrogen and oxygen atoms in total. The minimum absolute atomic E-state index is 0.0817. The van der Waals surface area contributed by atoms with E-state index in [-0.39, 0.29) is 17.2 Å². The summed E-state index contributed by atoms with van der Waals surface area (Å²) in [5.74, 6) is -0.00405. The summed E-state index contributed by atoms with van der Waals surface area (Å²) in [4.78, 5) is 22.1. The van der Waals surface area contributed by atoms with Crippen LogP contribution in [0.15, 0.2) is 73.3 Å². The van der Waals surface area contributed by atoms with E-state index < -0.39 is 6.04 Å². The Morgan fingerprint density at radius 2 is 1.66 bits per heavy atom. The number of fused-ring (bicyclic) bond motifs is 1. The number of anilines is 2. The average molecular weight is 462 g/mol. The number of rotatable bonds is 5. The van der Waals surface area contributed by atoms with Crippen LogP contribution in [0.5, 0.6) is 0 Å². The maximum absolute atomic E-state index is 14.4. The van der Waals surface area contributed by atoms with Crippen LogP contribution in [-0.2, 0) is 0 Å². The van der Waals surface area contributed by atoms with E-state index in [1.54, 1.807) is 18.5 Å². The third-order valence-corrected chi connectivity index (χ3v) is 5.57. The average Bonchev–Trinajstić information content (AvgIpc) is 2.88. The normalized spacial score (nSPS) is 11.7. The first-order chi connectivity index (χ1) is 17.1. The van der Waals surface area contributed by atoms with Crippen LogP contribution >= 0.6 is 0 Å². The predicted octanol–water partition coefficient (Wildman–Crippen LogP) is 4.91. The Labute approximate surface area is 200 Å². The summed E-state index contributed by atoms with van der Waals surface area (Å²) in [6.45, 7) is 1.89. The van der Waals surface area contributed by atoms with E-state index in [4.69, 9.17) is 10.7 Å². The molecule has 0 bridgehead atoms. The second-order valence-corrected chi connectivity index (χ2v) is 7.80. The number of hydrogen-bond acceptors (Lipinski definition) is 8. The summed E-state index contributed by atoms with van der Waals surface area (Å²) in [5, 5.41) is 13.4. The molecule has 1 atom stereocenters. The summed E-state index contributed by atoms with van der Waals surface area (Å²) in [6.07, 6.45) is 4.67. The monoisotopic (exact) mass is 462 g/mol. The number of nitriles is 1. The zero-order valence-corrected chi connectivity index (χ0v) is 18.6. The van der Waals surface area contributed by atoms with E-state index in [1.165, 1.54) is 18.5 Å². The minimum atomic E-state index is -0.440. The number of nitrogens with zero attached hydrogens (tertiary/aromatic N) is 6. The summed E-state index contributed by atoms with van der Waals surface area (Å²) in [6, 6.07) is 17.2. The number of aromatic nitrogens is 5. The zero-order chi connectivity index (χ0) is 24.4. The highest BCUT2D eigenvalue weighted by atomic mass is 19.1. The molecule has 0 saturated carbocycles. The van der Waals surface area contributed by atoms with Gasteiger partial charge >= 0.3 is 0 Å². The van der Waals surface area contributed by atoms with Gasteiger partial charge in [0.1, 0.15) is 35.4 Å². The summed E-state index contributed by atoms with van der Waals surface area (Å²) >= 11 is 0. The van der Waals surface area contributed by atoms with Crippen LogP contribution in [0.4, 0.5) is 16.0 Å². The fourth-order valence-electron chi connectivity index (χ4n) is 4.01. The van der Waals surface area contributed by atoms with Gasteiger partial charge in [-0.25, -0.2) is 19.3 Å². The lowest BCUT2D eigenvalue weighted by Crippen LogP contribution is -2.14. The van der Waals surface area contributed by atoms with Crippen LogP contribution in [0.3, 0.4) is 0 Å². The number of nitrogens with one attached hydrogen (secondary N) is 1. The second-order valence-electron chi connectivity index (χ2n) is 7.80. The maximum atomic E-state index is 14.4. The van der Waals surface area contributed by atoms with Gasteiger partial charge in [0.15, 0.2) is 0 Å². The van der Waals surface area contributed by atoms with E-state index >= 15 is 0 Å². The van der Waals surface area contributed by atoms with Crippen LogP contribution in [0.25, 0.3) is 33.4 Å². The highest BCUT2D eigenvalue weighted by Gasteiger charge is 2.24. The molecule has 9 heteroatoms. The molecular weight excluding hydrogens is 443 g/mol. The summed E-state index contributed by atoms with van der Waals surface area (Å²) in [5.41, 5.74) is 9.96. The van der Waals surface area contributed by atoms with Crippen molar-refractivity contribution in [1.82, 2.24) is 24.9 Å². The van der Waals surface area contributed by atoms with Gasteiger partial charge in [-0.3, -0.25) is 9.97 Å². The molecule has 35 heavy (non-hydrogen) atoms. The molecule has 0 spiro atoms. The molecule has 0 amide bonds. The first-order valence-electron chi connectivity index (χ1n) is 10.8. The molecule has 1 unspecified atom stereocenters. The van der Waals surface area contributed by atoms with Gasteiger partial charge < -0.3 is 11.1 Å². The van der Waals surface area contributed by atoms with E-state index in [0.717, 1.165) is 0 Å². The molecule has 4 aromatic heterocycles. The third kappa shape index (κ3) is 4.09. The molecule has 0 radical (unpaired) electrons. The molecular formula is C26H19FN8. The molecule has 5 aromatic rings. The number of pyridine rings is 3. The van der Waals surface area contributed by atoms with Crippen molar-refractivity contribution < 1.29 is 4.39 Å². The van der Waals surface area contributed by atoms with E-state index in [9.17, 15) is 9.65 Å². The van der Waals surface area contributed by atoms with Crippen molar-refractivity contribution in [3.05, 3.63) is 90.4 Å². The lowest BCUT2D eigenvalue weighted by Gasteiger charge is -2.22. The topological polar surface area (TPSA) is 126 Å². The zero-order valence-electron chi connectivity index (χ0n) is 18.6. The largest absolute Gasteiger partial charge is 0.382 e. The van der Waals surface area contributed by atoms with Gasteiger partial charge in [0.05, 0.1) is 28.6 Å². The van der Waals surface area contributed by atoms with E-state index in [2.05, 4.69) is 25.3 Å². The van der Waals surface area contributed by atoms with Gasteiger partial charge in [-0.1, -0.05) is 12.1 Å². The Morgan fingerprint density at radius 3 is 2.31 bits per heavy atom. The van der Waals surface area contributed by atoms with Crippen LogP contribution in [-0.4, -0.2) is 24.9 Å². The first kappa shape index (κ1) is 21.9. The highest BCUT2D eigenvalue weighted by molar-refractivity contribution is 6.02. The van der Waals surface area contributed by atoms with Crippen molar-refractivity contribution in [3.63, 3.8) is 0 Å². The van der Waals surface area contributed by atoms with Crippen molar-refractivity contribution in [2.45, 2.75) is 13.0 Å². The smallest absolute Gasteiger partial charge is 0.150 e. The molecule has 170 valence electrons. The molecule has 0 saturated heterocycles. The lowest BCUT2D eigenvalue weighted by molar-refractivity contribution is 0.629. The Kier molecular flexibility index (Phi) is 5.69. The van der Waals surface area contributed by atoms with Crippen molar-refractivity contribution in [3.8, 4) is 28.6 Å². The Balaban J connectivity index is 1.81. The predicted molar refractivity (Wildman–Crippen MR) is 131 cm³/mol. The van der Waals surface area contributed by atoms with Crippen LogP contribution in [0.2, 0.25) is 0 Å². The molecule has 3 N–H and O–H groups in total. The first-order valence-corrected chi connectivity index (χ1v) is 10.8. The number of hydrogen-bond donors (Lipinski definition) is 2. The van der Waals surface area contributed by atoms with Gasteiger partial charge in [0.2, 0.25) is 0 Å². The van der Waals surface area contributed by atoms with Crippen molar-refractivity contribution in [2.24, 2.45) is 0 Å². The molecule has 1 aromatic carbocycles. The second kappa shape index (κ2) is 9.11. The van der Waals surface area contributed by atoms with Gasteiger partial charge in [-0.15, -0.1) is 0 Å². The molecule has 0 fully saturated rings. The van der Waals surface area contributed by atoms with Gasteiger partial charge in [-0.05, 0) is 49.4 Å². The fourth-order valence-corrected chi connectivity index (χ4v) is 4.01. The summed E-state index contributed by atoms with van der Waals surface area (Å²) < 4.78 is 14.4. The van der Waals surface area contributed by atoms with Gasteiger partial charge in [0, 0.05) is 28.9 Å². The van der Waals surface area contributed by atoms with Crippen molar-refractivity contribution >= 4 is 22.5 Å². The van der Waals surface area contributed by atoms with Crippen LogP contribution < -0.4 is 11.1 Å². The van der Waals surface area contributed by atoms with Crippen LogP contribution in [0, 0.1) is 17.1 Å². The van der Waals surface area contributed by atoms with E-state index in [0.29, 0.717) is 44.9 Å².